The fraction of sp³-hybridized carbons (Fsp3) is 0.300. The molecule has 10 heteroatoms. The van der Waals surface area contributed by atoms with Gasteiger partial charge >= 0.3 is 22.4 Å². The number of anilines is 1. The standard InChI is InChI=1S/C10H11F3N2O4S/c1-15(2)20(18,19)14-6-3-4-7(9(16)17)8(5-6)10(11,12)13/h3-5,14H,1-2H3,(H,16,17). The number of halogens is 3. The summed E-state index contributed by atoms with van der Waals surface area (Å²) in [6.45, 7) is 0. The molecular weight excluding hydrogens is 301 g/mol. The van der Waals surface area contributed by atoms with Crippen LogP contribution in [-0.2, 0) is 16.4 Å². The van der Waals surface area contributed by atoms with Gasteiger partial charge in [-0.1, -0.05) is 0 Å². The van der Waals surface area contributed by atoms with Crippen molar-refractivity contribution < 1.29 is 31.5 Å². The van der Waals surface area contributed by atoms with Gasteiger partial charge in [0, 0.05) is 14.1 Å². The Morgan fingerprint density at radius 3 is 2.25 bits per heavy atom. The third-order valence-electron chi connectivity index (χ3n) is 2.28. The molecule has 0 heterocycles. The number of hydrogen-bond donors (Lipinski definition) is 2. The fourth-order valence-electron chi connectivity index (χ4n) is 1.27. The Bertz CT molecular complexity index is 626. The van der Waals surface area contributed by atoms with Crippen LogP contribution in [0.1, 0.15) is 15.9 Å². The van der Waals surface area contributed by atoms with Gasteiger partial charge in [-0.15, -0.1) is 0 Å². The summed E-state index contributed by atoms with van der Waals surface area (Å²) in [4.78, 5) is 10.7. The monoisotopic (exact) mass is 312 g/mol. The Labute approximate surface area is 113 Å². The third kappa shape index (κ3) is 3.61. The first kappa shape index (κ1) is 16.2. The predicted octanol–water partition coefficient (Wildman–Crippen LogP) is 1.62. The number of carbonyl (C=O) groups is 1. The second-order valence-electron chi connectivity index (χ2n) is 3.95. The van der Waals surface area contributed by atoms with Crippen molar-refractivity contribution in [2.75, 3.05) is 18.8 Å². The van der Waals surface area contributed by atoms with Gasteiger partial charge in [-0.3, -0.25) is 4.72 Å². The minimum Gasteiger partial charge on any atom is -0.478 e. The number of alkyl halides is 3. The van der Waals surface area contributed by atoms with E-state index in [1.54, 1.807) is 0 Å². The largest absolute Gasteiger partial charge is 0.478 e. The Hall–Kier alpha value is -1.81. The highest BCUT2D eigenvalue weighted by molar-refractivity contribution is 7.90. The number of carboxylic acid groups (broad SMARTS) is 1. The van der Waals surface area contributed by atoms with Gasteiger partial charge in [-0.25, -0.2) is 4.79 Å². The molecule has 1 rings (SSSR count). The molecule has 1 aromatic rings. The highest BCUT2D eigenvalue weighted by Crippen LogP contribution is 2.34. The number of benzene rings is 1. The molecule has 2 N–H and O–H groups in total. The van der Waals surface area contributed by atoms with E-state index in [4.69, 9.17) is 5.11 Å². The van der Waals surface area contributed by atoms with E-state index in [9.17, 15) is 26.4 Å². The SMILES string of the molecule is CN(C)S(=O)(=O)Nc1ccc(C(=O)O)c(C(F)(F)F)c1. The Morgan fingerprint density at radius 1 is 1.30 bits per heavy atom. The molecule has 0 aliphatic heterocycles. The highest BCUT2D eigenvalue weighted by Gasteiger charge is 2.35. The van der Waals surface area contributed by atoms with E-state index in [2.05, 4.69) is 0 Å². The normalized spacial score (nSPS) is 12.5. The van der Waals surface area contributed by atoms with Gasteiger partial charge in [0.05, 0.1) is 16.8 Å². The maximum atomic E-state index is 12.7. The molecule has 0 spiro atoms. The van der Waals surface area contributed by atoms with Gasteiger partial charge in [0.1, 0.15) is 0 Å². The zero-order chi connectivity index (χ0) is 15.7. The van der Waals surface area contributed by atoms with Crippen LogP contribution in [0.3, 0.4) is 0 Å². The molecule has 6 nitrogen and oxygen atoms in total. The topological polar surface area (TPSA) is 86.7 Å². The maximum Gasteiger partial charge on any atom is 0.417 e. The lowest BCUT2D eigenvalue weighted by Crippen LogP contribution is -2.29. The van der Waals surface area contributed by atoms with Gasteiger partial charge in [0.2, 0.25) is 0 Å². The van der Waals surface area contributed by atoms with E-state index in [0.717, 1.165) is 10.4 Å². The lowest BCUT2D eigenvalue weighted by molar-refractivity contribution is -0.138. The van der Waals surface area contributed by atoms with Gasteiger partial charge < -0.3 is 5.11 Å². The van der Waals surface area contributed by atoms with Crippen LogP contribution < -0.4 is 4.72 Å². The molecule has 112 valence electrons. The van der Waals surface area contributed by atoms with Crippen molar-refractivity contribution in [1.82, 2.24) is 4.31 Å². The summed E-state index contributed by atoms with van der Waals surface area (Å²) in [6, 6.07) is 2.07. The van der Waals surface area contributed by atoms with Crippen molar-refractivity contribution in [2.45, 2.75) is 6.18 Å². The molecular formula is C10H11F3N2O4S. The molecule has 0 aliphatic rings. The first-order valence-electron chi connectivity index (χ1n) is 5.10. The van der Waals surface area contributed by atoms with Crippen LogP contribution in [0.5, 0.6) is 0 Å². The average Bonchev–Trinajstić information content (AvgIpc) is 2.26. The zero-order valence-electron chi connectivity index (χ0n) is 10.4. The van der Waals surface area contributed by atoms with Crippen molar-refractivity contribution in [3.05, 3.63) is 29.3 Å². The first-order chi connectivity index (χ1) is 8.95. The van der Waals surface area contributed by atoms with Crippen molar-refractivity contribution in [3.8, 4) is 0 Å². The fourth-order valence-corrected chi connectivity index (χ4v) is 1.88. The predicted molar refractivity (Wildman–Crippen MR) is 64.6 cm³/mol. The molecule has 0 fully saturated rings. The lowest BCUT2D eigenvalue weighted by Gasteiger charge is -2.16. The number of nitrogens with zero attached hydrogens (tertiary/aromatic N) is 1. The summed E-state index contributed by atoms with van der Waals surface area (Å²) in [7, 11) is -1.59. The summed E-state index contributed by atoms with van der Waals surface area (Å²) in [5.74, 6) is -1.75. The van der Waals surface area contributed by atoms with Crippen LogP contribution in [0.2, 0.25) is 0 Å². The van der Waals surface area contributed by atoms with Crippen LogP contribution in [-0.4, -0.2) is 37.9 Å². The van der Waals surface area contributed by atoms with Crippen molar-refractivity contribution in [3.63, 3.8) is 0 Å². The number of aromatic carboxylic acids is 1. The van der Waals surface area contributed by atoms with Gasteiger partial charge in [-0.2, -0.15) is 25.9 Å². The molecule has 1 aromatic carbocycles. The van der Waals surface area contributed by atoms with Crippen LogP contribution in [0, 0.1) is 0 Å². The smallest absolute Gasteiger partial charge is 0.417 e. The summed E-state index contributed by atoms with van der Waals surface area (Å²) in [6.07, 6.45) is -4.91. The lowest BCUT2D eigenvalue weighted by atomic mass is 10.1. The minimum absolute atomic E-state index is 0.379. The summed E-state index contributed by atoms with van der Waals surface area (Å²) in [5, 5.41) is 8.69. The number of hydrogen-bond acceptors (Lipinski definition) is 3. The number of nitrogens with one attached hydrogen (secondary N) is 1. The van der Waals surface area contributed by atoms with E-state index in [1.165, 1.54) is 14.1 Å². The third-order valence-corrected chi connectivity index (χ3v) is 3.74. The molecule has 0 bridgehead atoms. The molecule has 0 saturated carbocycles. The van der Waals surface area contributed by atoms with Gasteiger partial charge in [0.15, 0.2) is 0 Å². The Balaban J connectivity index is 3.31. The Kier molecular flexibility index (Phi) is 4.30. The van der Waals surface area contributed by atoms with Crippen molar-refractivity contribution in [1.29, 1.82) is 0 Å². The molecule has 0 aliphatic carbocycles. The molecule has 0 radical (unpaired) electrons. The van der Waals surface area contributed by atoms with Crippen LogP contribution >= 0.6 is 0 Å². The second kappa shape index (κ2) is 5.29. The highest BCUT2D eigenvalue weighted by atomic mass is 32.2. The van der Waals surface area contributed by atoms with E-state index < -0.39 is 33.5 Å². The zero-order valence-corrected chi connectivity index (χ0v) is 11.2. The summed E-state index contributed by atoms with van der Waals surface area (Å²) >= 11 is 0. The summed E-state index contributed by atoms with van der Waals surface area (Å²) in [5.41, 5.74) is -2.76. The number of carboxylic acids is 1. The van der Waals surface area contributed by atoms with Crippen LogP contribution in [0.4, 0.5) is 18.9 Å². The van der Waals surface area contributed by atoms with E-state index in [1.807, 2.05) is 4.72 Å². The molecule has 0 aromatic heterocycles. The van der Waals surface area contributed by atoms with Crippen LogP contribution in [0.15, 0.2) is 18.2 Å². The van der Waals surface area contributed by atoms with Gasteiger partial charge in [-0.05, 0) is 18.2 Å². The van der Waals surface area contributed by atoms with E-state index in [0.29, 0.717) is 12.1 Å². The number of rotatable bonds is 4. The molecule has 0 unspecified atom stereocenters. The molecule has 20 heavy (non-hydrogen) atoms. The molecule has 0 saturated heterocycles. The second-order valence-corrected chi connectivity index (χ2v) is 5.84. The maximum absolute atomic E-state index is 12.7. The quantitative estimate of drug-likeness (QED) is 0.884. The van der Waals surface area contributed by atoms with E-state index in [-0.39, 0.29) is 5.69 Å². The molecule has 0 amide bonds. The average molecular weight is 312 g/mol. The molecule has 0 atom stereocenters. The summed E-state index contributed by atoms with van der Waals surface area (Å²) < 4.78 is 63.9. The minimum atomic E-state index is -4.91. The Morgan fingerprint density at radius 2 is 1.85 bits per heavy atom. The first-order valence-corrected chi connectivity index (χ1v) is 6.54. The van der Waals surface area contributed by atoms with Crippen molar-refractivity contribution in [2.24, 2.45) is 0 Å². The van der Waals surface area contributed by atoms with Gasteiger partial charge in [0.25, 0.3) is 0 Å². The van der Waals surface area contributed by atoms with Crippen molar-refractivity contribution >= 4 is 21.9 Å². The van der Waals surface area contributed by atoms with E-state index >= 15 is 0 Å². The van der Waals surface area contributed by atoms with Crippen LogP contribution in [0.25, 0.3) is 0 Å².